The van der Waals surface area contributed by atoms with Crippen molar-refractivity contribution >= 4 is 28.8 Å². The molecular formula is C15H20N2O2S. The SMILES string of the molecule is CN(C(=O)CCC1CCCO1)c1ccccc1C(N)=S. The maximum Gasteiger partial charge on any atom is 0.226 e. The van der Waals surface area contributed by atoms with E-state index in [4.69, 9.17) is 22.7 Å². The molecule has 108 valence electrons. The second kappa shape index (κ2) is 6.81. The highest BCUT2D eigenvalue weighted by molar-refractivity contribution is 7.80. The first-order valence-electron chi connectivity index (χ1n) is 6.86. The predicted octanol–water partition coefficient (Wildman–Crippen LogP) is 2.24. The summed E-state index contributed by atoms with van der Waals surface area (Å²) in [4.78, 5) is 14.2. The van der Waals surface area contributed by atoms with Crippen LogP contribution in [0.25, 0.3) is 0 Å². The maximum absolute atomic E-state index is 12.3. The van der Waals surface area contributed by atoms with Gasteiger partial charge in [-0.25, -0.2) is 0 Å². The monoisotopic (exact) mass is 292 g/mol. The van der Waals surface area contributed by atoms with E-state index in [1.54, 1.807) is 11.9 Å². The van der Waals surface area contributed by atoms with Gasteiger partial charge in [-0.05, 0) is 31.4 Å². The predicted molar refractivity (Wildman–Crippen MR) is 83.9 cm³/mol. The third-order valence-corrected chi connectivity index (χ3v) is 3.83. The van der Waals surface area contributed by atoms with Crippen molar-refractivity contribution < 1.29 is 9.53 Å². The van der Waals surface area contributed by atoms with Crippen LogP contribution in [-0.4, -0.2) is 30.7 Å². The van der Waals surface area contributed by atoms with Crippen molar-refractivity contribution in [2.75, 3.05) is 18.6 Å². The minimum Gasteiger partial charge on any atom is -0.389 e. The molecule has 0 saturated carbocycles. The van der Waals surface area contributed by atoms with Gasteiger partial charge < -0.3 is 15.4 Å². The number of amides is 1. The van der Waals surface area contributed by atoms with E-state index >= 15 is 0 Å². The molecule has 1 unspecified atom stereocenters. The summed E-state index contributed by atoms with van der Waals surface area (Å²) in [7, 11) is 1.76. The highest BCUT2D eigenvalue weighted by atomic mass is 32.1. The van der Waals surface area contributed by atoms with Gasteiger partial charge in [0.1, 0.15) is 4.99 Å². The molecule has 1 aliphatic rings. The van der Waals surface area contributed by atoms with Gasteiger partial charge >= 0.3 is 0 Å². The van der Waals surface area contributed by atoms with Crippen LogP contribution in [0.2, 0.25) is 0 Å². The lowest BCUT2D eigenvalue weighted by atomic mass is 10.1. The Hall–Kier alpha value is -1.46. The van der Waals surface area contributed by atoms with Crippen LogP contribution < -0.4 is 10.6 Å². The number of ether oxygens (including phenoxy) is 1. The molecule has 1 atom stereocenters. The van der Waals surface area contributed by atoms with Gasteiger partial charge in [0.05, 0.1) is 11.8 Å². The largest absolute Gasteiger partial charge is 0.389 e. The number of carbonyl (C=O) groups is 1. The van der Waals surface area contributed by atoms with Crippen LogP contribution in [0.1, 0.15) is 31.2 Å². The zero-order valence-corrected chi connectivity index (χ0v) is 12.5. The number of nitrogens with zero attached hydrogens (tertiary/aromatic N) is 1. The van der Waals surface area contributed by atoms with Gasteiger partial charge in [-0.2, -0.15) is 0 Å². The summed E-state index contributed by atoms with van der Waals surface area (Å²) in [5.74, 6) is 0.0594. The van der Waals surface area contributed by atoms with E-state index in [-0.39, 0.29) is 12.0 Å². The molecule has 1 aromatic rings. The van der Waals surface area contributed by atoms with Crippen LogP contribution >= 0.6 is 12.2 Å². The number of benzene rings is 1. The third-order valence-electron chi connectivity index (χ3n) is 3.61. The summed E-state index contributed by atoms with van der Waals surface area (Å²) in [6.45, 7) is 0.818. The number of anilines is 1. The van der Waals surface area contributed by atoms with Crippen molar-refractivity contribution in [3.8, 4) is 0 Å². The van der Waals surface area contributed by atoms with E-state index in [9.17, 15) is 4.79 Å². The highest BCUT2D eigenvalue weighted by Gasteiger charge is 2.20. The molecule has 5 heteroatoms. The van der Waals surface area contributed by atoms with E-state index in [2.05, 4.69) is 0 Å². The summed E-state index contributed by atoms with van der Waals surface area (Å²) >= 11 is 5.03. The summed E-state index contributed by atoms with van der Waals surface area (Å²) < 4.78 is 5.54. The van der Waals surface area contributed by atoms with Crippen molar-refractivity contribution in [1.82, 2.24) is 0 Å². The Balaban J connectivity index is 2.00. The number of rotatable bonds is 5. The van der Waals surface area contributed by atoms with E-state index < -0.39 is 0 Å². The molecule has 4 nitrogen and oxygen atoms in total. The minimum atomic E-state index is 0.0594. The Kier molecular flexibility index (Phi) is 5.09. The second-order valence-electron chi connectivity index (χ2n) is 5.01. The maximum atomic E-state index is 12.3. The molecule has 1 heterocycles. The molecule has 1 amide bonds. The zero-order valence-electron chi connectivity index (χ0n) is 11.7. The quantitative estimate of drug-likeness (QED) is 0.846. The van der Waals surface area contributed by atoms with Crippen LogP contribution in [0.3, 0.4) is 0 Å². The van der Waals surface area contributed by atoms with Crippen molar-refractivity contribution in [2.24, 2.45) is 5.73 Å². The van der Waals surface area contributed by atoms with Crippen LogP contribution in [0.5, 0.6) is 0 Å². The van der Waals surface area contributed by atoms with E-state index in [1.807, 2.05) is 24.3 Å². The topological polar surface area (TPSA) is 55.6 Å². The third kappa shape index (κ3) is 3.55. The summed E-state index contributed by atoms with van der Waals surface area (Å²) in [5, 5.41) is 0. The van der Waals surface area contributed by atoms with Crippen LogP contribution in [-0.2, 0) is 9.53 Å². The van der Waals surface area contributed by atoms with Crippen molar-refractivity contribution in [2.45, 2.75) is 31.8 Å². The first kappa shape index (κ1) is 14.9. The van der Waals surface area contributed by atoms with Crippen LogP contribution in [0.4, 0.5) is 5.69 Å². The second-order valence-corrected chi connectivity index (χ2v) is 5.45. The Bertz CT molecular complexity index is 498. The Morgan fingerprint density at radius 2 is 2.25 bits per heavy atom. The fourth-order valence-electron chi connectivity index (χ4n) is 2.43. The van der Waals surface area contributed by atoms with Gasteiger partial charge in [0.15, 0.2) is 0 Å². The average Bonchev–Trinajstić information content (AvgIpc) is 2.97. The smallest absolute Gasteiger partial charge is 0.226 e. The molecule has 2 rings (SSSR count). The average molecular weight is 292 g/mol. The summed E-state index contributed by atoms with van der Waals surface area (Å²) in [6.07, 6.45) is 3.64. The van der Waals surface area contributed by atoms with E-state index in [1.165, 1.54) is 0 Å². The number of para-hydroxylation sites is 1. The standard InChI is InChI=1S/C15H20N2O2S/c1-17(13-7-3-2-6-12(13)15(16)20)14(18)9-8-11-5-4-10-19-11/h2-3,6-7,11H,4-5,8-10H2,1H3,(H2,16,20). The number of hydrogen-bond acceptors (Lipinski definition) is 3. The molecule has 1 aromatic carbocycles. The normalized spacial score (nSPS) is 17.9. The van der Waals surface area contributed by atoms with Crippen molar-refractivity contribution in [3.63, 3.8) is 0 Å². The zero-order chi connectivity index (χ0) is 14.5. The molecule has 1 aliphatic heterocycles. The van der Waals surface area contributed by atoms with Gasteiger partial charge in [0.25, 0.3) is 0 Å². The van der Waals surface area contributed by atoms with Crippen LogP contribution in [0, 0.1) is 0 Å². The van der Waals surface area contributed by atoms with Gasteiger partial charge in [-0.3, -0.25) is 4.79 Å². The van der Waals surface area contributed by atoms with Crippen molar-refractivity contribution in [3.05, 3.63) is 29.8 Å². The minimum absolute atomic E-state index is 0.0594. The number of nitrogens with two attached hydrogens (primary N) is 1. The van der Waals surface area contributed by atoms with Gasteiger partial charge in [0.2, 0.25) is 5.91 Å². The molecular weight excluding hydrogens is 272 g/mol. The number of carbonyl (C=O) groups excluding carboxylic acids is 1. The lowest BCUT2D eigenvalue weighted by molar-refractivity contribution is -0.118. The van der Waals surface area contributed by atoms with Crippen LogP contribution in [0.15, 0.2) is 24.3 Å². The molecule has 0 bridgehead atoms. The van der Waals surface area contributed by atoms with Crippen molar-refractivity contribution in [1.29, 1.82) is 0 Å². The molecule has 0 aromatic heterocycles. The first-order chi connectivity index (χ1) is 9.59. The Morgan fingerprint density at radius 3 is 2.90 bits per heavy atom. The lowest BCUT2D eigenvalue weighted by Gasteiger charge is -2.21. The fraction of sp³-hybridized carbons (Fsp3) is 0.467. The molecule has 0 spiro atoms. The van der Waals surface area contributed by atoms with Gasteiger partial charge in [-0.15, -0.1) is 0 Å². The molecule has 0 radical (unpaired) electrons. The summed E-state index contributed by atoms with van der Waals surface area (Å²) in [6, 6.07) is 7.43. The fourth-order valence-corrected chi connectivity index (χ4v) is 2.61. The molecule has 1 fully saturated rings. The van der Waals surface area contributed by atoms with E-state index in [0.717, 1.165) is 37.1 Å². The van der Waals surface area contributed by atoms with Gasteiger partial charge in [-0.1, -0.05) is 24.4 Å². The summed E-state index contributed by atoms with van der Waals surface area (Å²) in [5.41, 5.74) is 7.19. The number of hydrogen-bond donors (Lipinski definition) is 1. The lowest BCUT2D eigenvalue weighted by Crippen LogP contribution is -2.29. The highest BCUT2D eigenvalue weighted by Crippen LogP contribution is 2.22. The first-order valence-corrected chi connectivity index (χ1v) is 7.27. The molecule has 2 N–H and O–H groups in total. The molecule has 1 saturated heterocycles. The van der Waals surface area contributed by atoms with Gasteiger partial charge in [0, 0.05) is 25.6 Å². The Morgan fingerprint density at radius 1 is 1.50 bits per heavy atom. The number of thiocarbonyl (C=S) groups is 1. The van der Waals surface area contributed by atoms with E-state index in [0.29, 0.717) is 11.4 Å². The molecule has 0 aliphatic carbocycles. The molecule has 20 heavy (non-hydrogen) atoms. The Labute approximate surface area is 124 Å².